The fraction of sp³-hybridized carbons (Fsp3) is 0. The van der Waals surface area contributed by atoms with Gasteiger partial charge in [0.1, 0.15) is 10.8 Å². The lowest BCUT2D eigenvalue weighted by Crippen LogP contribution is -2.11. The Bertz CT molecular complexity index is 1090. The largest absolute Gasteiger partial charge is 0.437 e. The van der Waals surface area contributed by atoms with Gasteiger partial charge in [-0.15, -0.1) is 0 Å². The van der Waals surface area contributed by atoms with Crippen LogP contribution in [0.5, 0.6) is 11.6 Å². The molecular formula is C22H16N4O2S. The smallest absolute Gasteiger partial charge is 0.255 e. The van der Waals surface area contributed by atoms with Crippen LogP contribution >= 0.6 is 11.8 Å². The number of rotatable bonds is 6. The Balaban J connectivity index is 1.40. The molecule has 142 valence electrons. The van der Waals surface area contributed by atoms with Crippen molar-refractivity contribution in [1.82, 2.24) is 15.0 Å². The number of carbonyl (C=O) groups excluding carboxylic acids is 1. The quantitative estimate of drug-likeness (QED) is 0.487. The minimum Gasteiger partial charge on any atom is -0.437 e. The van der Waals surface area contributed by atoms with Crippen LogP contribution in [0.25, 0.3) is 0 Å². The summed E-state index contributed by atoms with van der Waals surface area (Å²) in [5, 5.41) is 3.79. The fourth-order valence-corrected chi connectivity index (χ4v) is 3.28. The molecule has 4 aromatic rings. The van der Waals surface area contributed by atoms with Crippen LogP contribution in [0.1, 0.15) is 10.4 Å². The molecule has 7 heteroatoms. The molecule has 0 aliphatic rings. The summed E-state index contributed by atoms with van der Waals surface area (Å²) in [4.78, 5) is 25.9. The maximum absolute atomic E-state index is 12.6. The SMILES string of the molecule is O=C(Nc1cccc(Oc2cnccn2)c1)c1ccc(Sc2ccccn2)cc1. The summed E-state index contributed by atoms with van der Waals surface area (Å²) >= 11 is 1.54. The molecule has 0 bridgehead atoms. The van der Waals surface area contributed by atoms with Crippen molar-refractivity contribution in [3.8, 4) is 11.6 Å². The highest BCUT2D eigenvalue weighted by atomic mass is 32.2. The topological polar surface area (TPSA) is 77.0 Å². The van der Waals surface area contributed by atoms with Gasteiger partial charge in [0, 0.05) is 40.8 Å². The van der Waals surface area contributed by atoms with Gasteiger partial charge < -0.3 is 10.1 Å². The third kappa shape index (κ3) is 5.18. The van der Waals surface area contributed by atoms with E-state index in [0.717, 1.165) is 9.92 Å². The Morgan fingerprint density at radius 3 is 2.55 bits per heavy atom. The summed E-state index contributed by atoms with van der Waals surface area (Å²) in [6, 6.07) is 20.3. The summed E-state index contributed by atoms with van der Waals surface area (Å²) in [6.07, 6.45) is 6.41. The zero-order chi connectivity index (χ0) is 19.9. The van der Waals surface area contributed by atoms with Crippen molar-refractivity contribution < 1.29 is 9.53 Å². The normalized spacial score (nSPS) is 10.3. The average Bonchev–Trinajstić information content (AvgIpc) is 2.76. The van der Waals surface area contributed by atoms with Crippen LogP contribution in [0.3, 0.4) is 0 Å². The number of pyridine rings is 1. The van der Waals surface area contributed by atoms with Crippen LogP contribution in [-0.2, 0) is 0 Å². The van der Waals surface area contributed by atoms with Gasteiger partial charge in [-0.25, -0.2) is 9.97 Å². The molecule has 0 spiro atoms. The van der Waals surface area contributed by atoms with Crippen LogP contribution in [0.2, 0.25) is 0 Å². The van der Waals surface area contributed by atoms with Crippen molar-refractivity contribution in [2.24, 2.45) is 0 Å². The third-order valence-electron chi connectivity index (χ3n) is 3.83. The molecule has 0 aliphatic carbocycles. The maximum atomic E-state index is 12.6. The molecule has 6 nitrogen and oxygen atoms in total. The molecule has 0 aliphatic heterocycles. The molecule has 2 heterocycles. The number of nitrogens with zero attached hydrogens (tertiary/aromatic N) is 3. The fourth-order valence-electron chi connectivity index (χ4n) is 2.50. The number of hydrogen-bond acceptors (Lipinski definition) is 6. The Morgan fingerprint density at radius 1 is 0.897 bits per heavy atom. The first-order chi connectivity index (χ1) is 14.3. The Hall–Kier alpha value is -3.71. The molecule has 0 saturated carbocycles. The van der Waals surface area contributed by atoms with Crippen LogP contribution < -0.4 is 10.1 Å². The number of ether oxygens (including phenoxy) is 1. The zero-order valence-corrected chi connectivity index (χ0v) is 16.0. The van der Waals surface area contributed by atoms with E-state index >= 15 is 0 Å². The molecule has 1 amide bonds. The van der Waals surface area contributed by atoms with E-state index in [1.807, 2.05) is 30.3 Å². The molecule has 0 atom stereocenters. The van der Waals surface area contributed by atoms with E-state index in [0.29, 0.717) is 22.9 Å². The molecule has 0 fully saturated rings. The van der Waals surface area contributed by atoms with Crippen molar-refractivity contribution >= 4 is 23.4 Å². The lowest BCUT2D eigenvalue weighted by Gasteiger charge is -2.09. The number of aromatic nitrogens is 3. The predicted octanol–water partition coefficient (Wildman–Crippen LogP) is 5.07. The van der Waals surface area contributed by atoms with Crippen LogP contribution in [0, 0.1) is 0 Å². The first-order valence-electron chi connectivity index (χ1n) is 8.80. The summed E-state index contributed by atoms with van der Waals surface area (Å²) in [5.74, 6) is 0.749. The number of anilines is 1. The van der Waals surface area contributed by atoms with Crippen LogP contribution in [0.4, 0.5) is 5.69 Å². The number of hydrogen-bond donors (Lipinski definition) is 1. The van der Waals surface area contributed by atoms with E-state index < -0.39 is 0 Å². The minimum atomic E-state index is -0.198. The Labute approximate surface area is 172 Å². The minimum absolute atomic E-state index is 0.198. The molecule has 2 aromatic heterocycles. The zero-order valence-electron chi connectivity index (χ0n) is 15.2. The Morgan fingerprint density at radius 2 is 1.79 bits per heavy atom. The van der Waals surface area contributed by atoms with E-state index in [4.69, 9.17) is 4.74 Å². The van der Waals surface area contributed by atoms with Gasteiger partial charge in [-0.2, -0.15) is 0 Å². The highest BCUT2D eigenvalue weighted by Gasteiger charge is 2.08. The standard InChI is InChI=1S/C22H16N4O2S/c27-22(16-7-9-19(10-8-16)29-21-6-1-2-11-25-21)26-17-4-3-5-18(14-17)28-20-15-23-12-13-24-20/h1-15H,(H,26,27). The molecule has 4 rings (SSSR count). The van der Waals surface area contributed by atoms with Crippen LogP contribution in [-0.4, -0.2) is 20.9 Å². The number of amides is 1. The summed E-state index contributed by atoms with van der Waals surface area (Å²) < 4.78 is 5.65. The lowest BCUT2D eigenvalue weighted by atomic mass is 10.2. The monoisotopic (exact) mass is 400 g/mol. The predicted molar refractivity (Wildman–Crippen MR) is 111 cm³/mol. The van der Waals surface area contributed by atoms with Crippen molar-refractivity contribution in [2.45, 2.75) is 9.92 Å². The Kier molecular flexibility index (Phi) is 5.78. The first-order valence-corrected chi connectivity index (χ1v) is 9.62. The lowest BCUT2D eigenvalue weighted by molar-refractivity contribution is 0.102. The van der Waals surface area contributed by atoms with Gasteiger partial charge >= 0.3 is 0 Å². The second kappa shape index (κ2) is 8.99. The van der Waals surface area contributed by atoms with Crippen molar-refractivity contribution in [1.29, 1.82) is 0 Å². The summed E-state index contributed by atoms with van der Waals surface area (Å²) in [6.45, 7) is 0. The van der Waals surface area contributed by atoms with E-state index in [1.165, 1.54) is 6.20 Å². The van der Waals surface area contributed by atoms with Crippen molar-refractivity contribution in [3.05, 3.63) is 97.1 Å². The van der Waals surface area contributed by atoms with Gasteiger partial charge in [-0.1, -0.05) is 23.9 Å². The summed E-state index contributed by atoms with van der Waals surface area (Å²) in [7, 11) is 0. The molecule has 1 N–H and O–H groups in total. The second-order valence-electron chi connectivity index (χ2n) is 5.92. The molecule has 0 radical (unpaired) electrons. The molecule has 2 aromatic carbocycles. The van der Waals surface area contributed by atoms with Crippen molar-refractivity contribution in [2.75, 3.05) is 5.32 Å². The highest BCUT2D eigenvalue weighted by Crippen LogP contribution is 2.26. The highest BCUT2D eigenvalue weighted by molar-refractivity contribution is 7.99. The van der Waals surface area contributed by atoms with E-state index in [1.54, 1.807) is 66.8 Å². The van der Waals surface area contributed by atoms with Crippen LogP contribution in [0.15, 0.2) is 101 Å². The van der Waals surface area contributed by atoms with E-state index in [-0.39, 0.29) is 5.91 Å². The second-order valence-corrected chi connectivity index (χ2v) is 7.02. The maximum Gasteiger partial charge on any atom is 0.255 e. The van der Waals surface area contributed by atoms with Gasteiger partial charge in [0.05, 0.1) is 6.20 Å². The molecule has 29 heavy (non-hydrogen) atoms. The third-order valence-corrected chi connectivity index (χ3v) is 4.79. The number of nitrogens with one attached hydrogen (secondary N) is 1. The van der Waals surface area contributed by atoms with Gasteiger partial charge in [0.25, 0.3) is 5.91 Å². The van der Waals surface area contributed by atoms with Gasteiger partial charge in [0.15, 0.2) is 0 Å². The van der Waals surface area contributed by atoms with Gasteiger partial charge in [0.2, 0.25) is 5.88 Å². The average molecular weight is 400 g/mol. The van der Waals surface area contributed by atoms with Gasteiger partial charge in [-0.3, -0.25) is 9.78 Å². The van der Waals surface area contributed by atoms with E-state index in [9.17, 15) is 4.79 Å². The number of carbonyl (C=O) groups is 1. The molecule has 0 unspecified atom stereocenters. The van der Waals surface area contributed by atoms with Gasteiger partial charge in [-0.05, 0) is 48.5 Å². The first kappa shape index (κ1) is 18.6. The summed E-state index contributed by atoms with van der Waals surface area (Å²) in [5.41, 5.74) is 1.19. The number of benzene rings is 2. The van der Waals surface area contributed by atoms with E-state index in [2.05, 4.69) is 20.3 Å². The molecule has 0 saturated heterocycles. The van der Waals surface area contributed by atoms with Crippen molar-refractivity contribution in [3.63, 3.8) is 0 Å². The molecular weight excluding hydrogens is 384 g/mol.